The van der Waals surface area contributed by atoms with Crippen LogP contribution in [0.5, 0.6) is 11.5 Å². The van der Waals surface area contributed by atoms with Gasteiger partial charge in [-0.05, 0) is 60.7 Å². The second-order valence-electron chi connectivity index (χ2n) is 6.84. The van der Waals surface area contributed by atoms with Gasteiger partial charge in [-0.2, -0.15) is 0 Å². The maximum absolute atomic E-state index is 12.1. The van der Waals surface area contributed by atoms with E-state index in [9.17, 15) is 9.59 Å². The number of ether oxygens (including phenoxy) is 2. The summed E-state index contributed by atoms with van der Waals surface area (Å²) >= 11 is 0. The maximum atomic E-state index is 12.1. The van der Waals surface area contributed by atoms with Gasteiger partial charge in [0.2, 0.25) is 0 Å². The second-order valence-corrected chi connectivity index (χ2v) is 6.84. The van der Waals surface area contributed by atoms with Gasteiger partial charge in [-0.25, -0.2) is 0 Å². The van der Waals surface area contributed by atoms with E-state index in [-0.39, 0.29) is 6.61 Å². The Balaban J connectivity index is 1.72. The molecule has 2 N–H and O–H groups in total. The van der Waals surface area contributed by atoms with Crippen LogP contribution in [0.2, 0.25) is 0 Å². The summed E-state index contributed by atoms with van der Waals surface area (Å²) in [5.41, 5.74) is 6.33. The molecule has 0 unspecified atom stereocenters. The average molecular weight is 384 g/mol. The highest BCUT2D eigenvalue weighted by atomic mass is 16.5. The molecule has 0 heterocycles. The van der Waals surface area contributed by atoms with Gasteiger partial charge in [0.15, 0.2) is 6.61 Å². The first-order chi connectivity index (χ1) is 13.5. The molecule has 0 bridgehead atoms. The van der Waals surface area contributed by atoms with Crippen molar-refractivity contribution in [2.24, 2.45) is 5.92 Å². The Morgan fingerprint density at radius 1 is 0.893 bits per heavy atom. The third-order valence-electron chi connectivity index (χ3n) is 4.10. The number of carbonyl (C=O) groups is 2. The van der Waals surface area contributed by atoms with Crippen LogP contribution in [0, 0.1) is 5.92 Å². The molecule has 0 aliphatic heterocycles. The largest absolute Gasteiger partial charge is 0.494 e. The Labute approximate surface area is 166 Å². The molecule has 6 heteroatoms. The number of carbonyl (C=O) groups excluding carboxylic acids is 2. The van der Waals surface area contributed by atoms with Crippen LogP contribution in [0.4, 0.5) is 0 Å². The highest BCUT2D eigenvalue weighted by Crippen LogP contribution is 2.14. The molecule has 2 aromatic carbocycles. The van der Waals surface area contributed by atoms with E-state index in [4.69, 9.17) is 9.47 Å². The summed E-state index contributed by atoms with van der Waals surface area (Å²) in [7, 11) is 0. The average Bonchev–Trinajstić information content (AvgIpc) is 2.71. The zero-order chi connectivity index (χ0) is 20.4. The van der Waals surface area contributed by atoms with Gasteiger partial charge < -0.3 is 9.47 Å². The third kappa shape index (κ3) is 7.31. The van der Waals surface area contributed by atoms with Crippen molar-refractivity contribution in [3.05, 3.63) is 59.7 Å². The van der Waals surface area contributed by atoms with E-state index < -0.39 is 11.8 Å². The molecule has 2 amide bonds. The Morgan fingerprint density at radius 2 is 1.50 bits per heavy atom. The van der Waals surface area contributed by atoms with E-state index in [0.29, 0.717) is 29.6 Å². The van der Waals surface area contributed by atoms with Crippen LogP contribution in [0.1, 0.15) is 43.1 Å². The van der Waals surface area contributed by atoms with Crippen molar-refractivity contribution in [1.29, 1.82) is 0 Å². The second kappa shape index (κ2) is 11.0. The van der Waals surface area contributed by atoms with Gasteiger partial charge >= 0.3 is 0 Å². The Bertz CT molecular complexity index is 755. The summed E-state index contributed by atoms with van der Waals surface area (Å²) in [4.78, 5) is 23.9. The Hall–Kier alpha value is -3.02. The van der Waals surface area contributed by atoms with E-state index in [1.807, 2.05) is 24.3 Å². The smallest absolute Gasteiger partial charge is 0.276 e. The molecule has 0 aromatic heterocycles. The summed E-state index contributed by atoms with van der Waals surface area (Å²) in [6, 6.07) is 14.3. The van der Waals surface area contributed by atoms with Crippen molar-refractivity contribution in [1.82, 2.24) is 10.9 Å². The minimum Gasteiger partial charge on any atom is -0.494 e. The highest BCUT2D eigenvalue weighted by molar-refractivity contribution is 5.95. The van der Waals surface area contributed by atoms with Gasteiger partial charge in [0.05, 0.1) is 6.61 Å². The van der Waals surface area contributed by atoms with Crippen LogP contribution < -0.4 is 20.3 Å². The molecule has 28 heavy (non-hydrogen) atoms. The lowest BCUT2D eigenvalue weighted by Gasteiger charge is -2.10. The highest BCUT2D eigenvalue weighted by Gasteiger charge is 2.08. The molecule has 2 rings (SSSR count). The maximum Gasteiger partial charge on any atom is 0.276 e. The van der Waals surface area contributed by atoms with E-state index in [1.165, 1.54) is 5.56 Å². The third-order valence-corrected chi connectivity index (χ3v) is 4.10. The Morgan fingerprint density at radius 3 is 2.11 bits per heavy atom. The van der Waals surface area contributed by atoms with Crippen LogP contribution >= 0.6 is 0 Å². The molecular weight excluding hydrogens is 356 g/mol. The fourth-order valence-electron chi connectivity index (χ4n) is 2.32. The van der Waals surface area contributed by atoms with Crippen LogP contribution in [0.15, 0.2) is 48.5 Å². The standard InChI is InChI=1S/C22H28N2O4/c1-4-17-5-9-20(10-6-17)28-15-21(25)23-24-22(26)18-7-11-19(12-8-18)27-14-13-16(2)3/h5-12,16H,4,13-15H2,1-3H3,(H,23,25)(H,24,26). The molecule has 150 valence electrons. The van der Waals surface area contributed by atoms with Crippen LogP contribution in [-0.2, 0) is 11.2 Å². The molecule has 2 aromatic rings. The fourth-order valence-corrected chi connectivity index (χ4v) is 2.32. The zero-order valence-electron chi connectivity index (χ0n) is 16.7. The number of hydrogen-bond donors (Lipinski definition) is 2. The lowest BCUT2D eigenvalue weighted by atomic mass is 10.1. The first-order valence-corrected chi connectivity index (χ1v) is 9.51. The molecule has 0 saturated heterocycles. The molecule has 0 aliphatic carbocycles. The molecular formula is C22H28N2O4. The number of hydrogen-bond acceptors (Lipinski definition) is 4. The van der Waals surface area contributed by atoms with Gasteiger partial charge in [-0.15, -0.1) is 0 Å². The number of benzene rings is 2. The van der Waals surface area contributed by atoms with Crippen molar-refractivity contribution in [2.45, 2.75) is 33.6 Å². The van der Waals surface area contributed by atoms with Crippen molar-refractivity contribution < 1.29 is 19.1 Å². The van der Waals surface area contributed by atoms with Crippen LogP contribution in [0.25, 0.3) is 0 Å². The van der Waals surface area contributed by atoms with Gasteiger partial charge in [0.1, 0.15) is 11.5 Å². The monoisotopic (exact) mass is 384 g/mol. The summed E-state index contributed by atoms with van der Waals surface area (Å²) in [6.07, 6.45) is 1.91. The van der Waals surface area contributed by atoms with Crippen LogP contribution in [-0.4, -0.2) is 25.0 Å². The van der Waals surface area contributed by atoms with Gasteiger partial charge in [0, 0.05) is 5.56 Å². The molecule has 0 radical (unpaired) electrons. The molecule has 0 spiro atoms. The lowest BCUT2D eigenvalue weighted by molar-refractivity contribution is -0.123. The number of aryl methyl sites for hydroxylation is 1. The molecule has 6 nitrogen and oxygen atoms in total. The van der Waals surface area contributed by atoms with Crippen molar-refractivity contribution in [3.63, 3.8) is 0 Å². The van der Waals surface area contributed by atoms with E-state index >= 15 is 0 Å². The number of nitrogens with one attached hydrogen (secondary N) is 2. The minimum absolute atomic E-state index is 0.186. The van der Waals surface area contributed by atoms with Crippen molar-refractivity contribution >= 4 is 11.8 Å². The summed E-state index contributed by atoms with van der Waals surface area (Å²) < 4.78 is 11.0. The normalized spacial score (nSPS) is 10.4. The quantitative estimate of drug-likeness (QED) is 0.649. The van der Waals surface area contributed by atoms with Crippen molar-refractivity contribution in [2.75, 3.05) is 13.2 Å². The first kappa shape index (κ1) is 21.3. The summed E-state index contributed by atoms with van der Waals surface area (Å²) in [6.45, 7) is 6.80. The summed E-state index contributed by atoms with van der Waals surface area (Å²) in [5.74, 6) is 1.04. The predicted octanol–water partition coefficient (Wildman–Crippen LogP) is 3.51. The predicted molar refractivity (Wildman–Crippen MR) is 108 cm³/mol. The topological polar surface area (TPSA) is 76.7 Å². The Kier molecular flexibility index (Phi) is 8.34. The van der Waals surface area contributed by atoms with E-state index in [2.05, 4.69) is 31.6 Å². The number of hydrazine groups is 1. The van der Waals surface area contributed by atoms with Crippen LogP contribution in [0.3, 0.4) is 0 Å². The van der Waals surface area contributed by atoms with E-state index in [0.717, 1.165) is 12.8 Å². The zero-order valence-corrected chi connectivity index (χ0v) is 16.7. The first-order valence-electron chi connectivity index (χ1n) is 9.51. The molecule has 0 saturated carbocycles. The minimum atomic E-state index is -0.443. The summed E-state index contributed by atoms with van der Waals surface area (Å²) in [5, 5.41) is 0. The lowest BCUT2D eigenvalue weighted by Crippen LogP contribution is -2.43. The number of rotatable bonds is 9. The van der Waals surface area contributed by atoms with Gasteiger partial charge in [0.25, 0.3) is 11.8 Å². The number of amides is 2. The van der Waals surface area contributed by atoms with Gasteiger partial charge in [-0.1, -0.05) is 32.9 Å². The SMILES string of the molecule is CCc1ccc(OCC(=O)NNC(=O)c2ccc(OCCC(C)C)cc2)cc1. The fraction of sp³-hybridized carbons (Fsp3) is 0.364. The molecule has 0 atom stereocenters. The van der Waals surface area contributed by atoms with E-state index in [1.54, 1.807) is 24.3 Å². The molecule has 0 aliphatic rings. The molecule has 0 fully saturated rings. The van der Waals surface area contributed by atoms with Crippen molar-refractivity contribution in [3.8, 4) is 11.5 Å². The van der Waals surface area contributed by atoms with Gasteiger partial charge in [-0.3, -0.25) is 20.4 Å².